The van der Waals surface area contributed by atoms with Crippen LogP contribution >= 0.6 is 45.2 Å². The molecule has 1 saturated heterocycles. The SMILES string of the molecule is C/C(I)=C/CC/C(I)=C/CCC1=CCC2C(=O)N(CCO)C(=O)C2C1. The molecule has 0 aromatic carbocycles. The van der Waals surface area contributed by atoms with Crippen molar-refractivity contribution < 1.29 is 14.7 Å². The Morgan fingerprint density at radius 2 is 1.96 bits per heavy atom. The summed E-state index contributed by atoms with van der Waals surface area (Å²) in [6.07, 6.45) is 12.1. The molecule has 2 unspecified atom stereocenters. The topological polar surface area (TPSA) is 57.6 Å². The van der Waals surface area contributed by atoms with Gasteiger partial charge >= 0.3 is 0 Å². The first-order valence-corrected chi connectivity index (χ1v) is 10.9. The number of rotatable bonds is 8. The quantitative estimate of drug-likeness (QED) is 0.266. The summed E-state index contributed by atoms with van der Waals surface area (Å²) >= 11 is 4.74. The van der Waals surface area contributed by atoms with Gasteiger partial charge in [0.25, 0.3) is 0 Å². The van der Waals surface area contributed by atoms with Crippen molar-refractivity contribution in [1.82, 2.24) is 4.90 Å². The van der Waals surface area contributed by atoms with Gasteiger partial charge in [0.1, 0.15) is 0 Å². The van der Waals surface area contributed by atoms with Crippen molar-refractivity contribution >= 4 is 57.0 Å². The van der Waals surface area contributed by atoms with Crippen molar-refractivity contribution in [3.8, 4) is 0 Å². The van der Waals surface area contributed by atoms with Crippen molar-refractivity contribution in [1.29, 1.82) is 0 Å². The fourth-order valence-electron chi connectivity index (χ4n) is 3.46. The van der Waals surface area contributed by atoms with E-state index in [1.54, 1.807) is 0 Å². The fourth-order valence-corrected chi connectivity index (χ4v) is 4.39. The number of nitrogens with zero attached hydrogens (tertiary/aromatic N) is 1. The molecule has 0 bridgehead atoms. The summed E-state index contributed by atoms with van der Waals surface area (Å²) in [6.45, 7) is 2.08. The Bertz CT molecular complexity index is 606. The van der Waals surface area contributed by atoms with Crippen LogP contribution in [0.2, 0.25) is 0 Å². The number of fused-ring (bicyclic) bond motifs is 1. The van der Waals surface area contributed by atoms with Crippen LogP contribution in [0.4, 0.5) is 0 Å². The predicted molar refractivity (Wildman–Crippen MR) is 116 cm³/mol. The van der Waals surface area contributed by atoms with Crippen LogP contribution in [0, 0.1) is 11.8 Å². The molecule has 1 aliphatic carbocycles. The summed E-state index contributed by atoms with van der Waals surface area (Å²) in [6, 6.07) is 0. The van der Waals surface area contributed by atoms with E-state index < -0.39 is 0 Å². The Morgan fingerprint density at radius 3 is 2.64 bits per heavy atom. The number of halogens is 2. The summed E-state index contributed by atoms with van der Waals surface area (Å²) in [5, 5.41) is 9.04. The van der Waals surface area contributed by atoms with E-state index >= 15 is 0 Å². The third kappa shape index (κ3) is 5.89. The lowest BCUT2D eigenvalue weighted by Crippen LogP contribution is -2.33. The molecule has 0 spiro atoms. The van der Waals surface area contributed by atoms with Gasteiger partial charge in [-0.25, -0.2) is 0 Å². The molecule has 1 N–H and O–H groups in total. The summed E-state index contributed by atoms with van der Waals surface area (Å²) in [4.78, 5) is 25.9. The van der Waals surface area contributed by atoms with Crippen LogP contribution in [0.15, 0.2) is 31.0 Å². The number of amides is 2. The Morgan fingerprint density at radius 1 is 1.24 bits per heavy atom. The van der Waals surface area contributed by atoms with Crippen LogP contribution in [-0.2, 0) is 9.59 Å². The minimum atomic E-state index is -0.209. The maximum absolute atomic E-state index is 12.4. The molecule has 138 valence electrons. The van der Waals surface area contributed by atoms with E-state index in [1.807, 2.05) is 0 Å². The zero-order valence-electron chi connectivity index (χ0n) is 14.5. The van der Waals surface area contributed by atoms with Crippen LogP contribution in [0.25, 0.3) is 0 Å². The molecule has 2 rings (SSSR count). The molecular formula is C19H25I2NO3. The first kappa shape index (κ1) is 21.1. The van der Waals surface area contributed by atoms with Gasteiger partial charge in [0.15, 0.2) is 0 Å². The minimum absolute atomic E-state index is 0.0965. The second-order valence-corrected chi connectivity index (χ2v) is 9.67. The van der Waals surface area contributed by atoms with E-state index in [0.29, 0.717) is 12.8 Å². The molecule has 25 heavy (non-hydrogen) atoms. The maximum Gasteiger partial charge on any atom is 0.233 e. The summed E-state index contributed by atoms with van der Waals surface area (Å²) in [5.41, 5.74) is 1.29. The molecule has 1 heterocycles. The standard InChI is InChI=1S/C19H25I2NO3/c1-13(20)4-2-6-15(21)7-3-5-14-8-9-16-17(12-14)19(25)22(10-11-23)18(16)24/h4,7-8,16-17,23H,2-3,5-6,9-12H2,1H3/b13-4-,15-7-. The minimum Gasteiger partial charge on any atom is -0.395 e. The van der Waals surface area contributed by atoms with Gasteiger partial charge in [-0.05, 0) is 97.8 Å². The fraction of sp³-hybridized carbons (Fsp3) is 0.579. The molecule has 0 aromatic heterocycles. The summed E-state index contributed by atoms with van der Waals surface area (Å²) in [7, 11) is 0. The van der Waals surface area contributed by atoms with Gasteiger partial charge in [0.05, 0.1) is 25.0 Å². The van der Waals surface area contributed by atoms with Gasteiger partial charge < -0.3 is 5.11 Å². The van der Waals surface area contributed by atoms with E-state index in [1.165, 1.54) is 17.6 Å². The molecule has 4 nitrogen and oxygen atoms in total. The number of hydrogen-bond acceptors (Lipinski definition) is 3. The van der Waals surface area contributed by atoms with Gasteiger partial charge in [-0.2, -0.15) is 0 Å². The van der Waals surface area contributed by atoms with Crippen LogP contribution in [-0.4, -0.2) is 35.0 Å². The number of aliphatic hydroxyl groups excluding tert-OH is 1. The monoisotopic (exact) mass is 569 g/mol. The van der Waals surface area contributed by atoms with Crippen LogP contribution < -0.4 is 0 Å². The maximum atomic E-state index is 12.4. The summed E-state index contributed by atoms with van der Waals surface area (Å²) < 4.78 is 2.71. The summed E-state index contributed by atoms with van der Waals surface area (Å²) in [5.74, 6) is -0.617. The molecule has 2 aliphatic rings. The number of carbonyl (C=O) groups is 2. The second kappa shape index (κ2) is 10.2. The second-order valence-electron chi connectivity index (χ2n) is 6.59. The van der Waals surface area contributed by atoms with Gasteiger partial charge in [-0.3, -0.25) is 14.5 Å². The van der Waals surface area contributed by atoms with Gasteiger partial charge in [0.2, 0.25) is 11.8 Å². The van der Waals surface area contributed by atoms with Crippen molar-refractivity contribution in [3.05, 3.63) is 31.0 Å². The van der Waals surface area contributed by atoms with E-state index in [-0.39, 0.29) is 36.8 Å². The van der Waals surface area contributed by atoms with Crippen molar-refractivity contribution in [2.45, 2.75) is 45.4 Å². The molecule has 2 amide bonds. The molecule has 0 aromatic rings. The molecular weight excluding hydrogens is 544 g/mol. The average molecular weight is 569 g/mol. The van der Waals surface area contributed by atoms with Gasteiger partial charge in [0, 0.05) is 0 Å². The van der Waals surface area contributed by atoms with Gasteiger partial charge in [-0.1, -0.05) is 23.8 Å². The lowest BCUT2D eigenvalue weighted by atomic mass is 9.80. The lowest BCUT2D eigenvalue weighted by molar-refractivity contribution is -0.140. The van der Waals surface area contributed by atoms with Gasteiger partial charge in [-0.15, -0.1) is 0 Å². The van der Waals surface area contributed by atoms with E-state index in [9.17, 15) is 9.59 Å². The van der Waals surface area contributed by atoms with Crippen molar-refractivity contribution in [2.75, 3.05) is 13.2 Å². The van der Waals surface area contributed by atoms with Crippen molar-refractivity contribution in [3.63, 3.8) is 0 Å². The molecule has 0 saturated carbocycles. The molecule has 2 atom stereocenters. The predicted octanol–water partition coefficient (Wildman–Crippen LogP) is 4.52. The number of β-amino-alcohol motifs (C(OH)–C–C–N with tert-alkyl or cyclic N) is 1. The number of likely N-dealkylation sites (tertiary alicyclic amines) is 1. The molecule has 1 aliphatic heterocycles. The number of allylic oxidation sites excluding steroid dienone is 6. The normalized spacial score (nSPS) is 24.6. The number of hydrogen-bond donors (Lipinski definition) is 1. The smallest absolute Gasteiger partial charge is 0.233 e. The number of imide groups is 1. The third-order valence-electron chi connectivity index (χ3n) is 4.76. The number of carbonyl (C=O) groups excluding carboxylic acids is 2. The first-order valence-electron chi connectivity index (χ1n) is 8.74. The average Bonchev–Trinajstić information content (AvgIpc) is 2.80. The Balaban J connectivity index is 1.84. The van der Waals surface area contributed by atoms with Crippen LogP contribution in [0.5, 0.6) is 0 Å². The van der Waals surface area contributed by atoms with E-state index in [2.05, 4.69) is 70.3 Å². The first-order chi connectivity index (χ1) is 11.9. The third-order valence-corrected chi connectivity index (χ3v) is 6.18. The largest absolute Gasteiger partial charge is 0.395 e. The highest BCUT2D eigenvalue weighted by atomic mass is 127. The molecule has 0 radical (unpaired) electrons. The molecule has 1 fully saturated rings. The highest BCUT2D eigenvalue weighted by molar-refractivity contribution is 14.1. The number of aliphatic hydroxyl groups is 1. The van der Waals surface area contributed by atoms with Crippen LogP contribution in [0.1, 0.15) is 45.4 Å². The van der Waals surface area contributed by atoms with E-state index in [0.717, 1.165) is 25.7 Å². The van der Waals surface area contributed by atoms with Crippen molar-refractivity contribution in [2.24, 2.45) is 11.8 Å². The molecule has 6 heteroatoms. The van der Waals surface area contributed by atoms with E-state index in [4.69, 9.17) is 5.11 Å². The van der Waals surface area contributed by atoms with Crippen LogP contribution in [0.3, 0.4) is 0 Å². The Kier molecular flexibility index (Phi) is 8.60. The highest BCUT2D eigenvalue weighted by Crippen LogP contribution is 2.39. The Labute approximate surface area is 177 Å². The highest BCUT2D eigenvalue weighted by Gasteiger charge is 2.47. The zero-order valence-corrected chi connectivity index (χ0v) is 18.8. The lowest BCUT2D eigenvalue weighted by Gasteiger charge is -2.21. The zero-order chi connectivity index (χ0) is 18.4. The Hall–Kier alpha value is -0.220.